The van der Waals surface area contributed by atoms with Crippen molar-refractivity contribution in [2.45, 2.75) is 11.0 Å². The molecule has 2 rings (SSSR count). The number of halogens is 8. The predicted molar refractivity (Wildman–Crippen MR) is 90.6 cm³/mol. The number of fused-ring (bicyclic) bond motifs is 1. The first-order valence-electron chi connectivity index (χ1n) is 6.39. The van der Waals surface area contributed by atoms with Gasteiger partial charge in [0.2, 0.25) is 0 Å². The van der Waals surface area contributed by atoms with E-state index in [9.17, 15) is 43.2 Å². The summed E-state index contributed by atoms with van der Waals surface area (Å²) in [5.41, 5.74) is -11.4. The molecular weight excluding hydrogens is 578 g/mol. The Bertz CT molecular complexity index is 1050. The Kier molecular flexibility index (Phi) is 5.93. The van der Waals surface area contributed by atoms with Gasteiger partial charge in [-0.25, -0.2) is 0 Å². The van der Waals surface area contributed by atoms with Crippen LogP contribution in [0.15, 0.2) is 33.2 Å². The maximum Gasteiger partial charge on any atom is 0.534 e. The summed E-state index contributed by atoms with van der Waals surface area (Å²) in [7, 11) is -11.9. The van der Waals surface area contributed by atoms with Crippen LogP contribution in [0.25, 0.3) is 10.8 Å². The lowest BCUT2D eigenvalue weighted by atomic mass is 10.1. The highest BCUT2D eigenvalue weighted by molar-refractivity contribution is 9.11. The SMILES string of the molecule is O=S(=O)(Oc1cc2cc(Br)c(OS(=O)(=O)C(F)(F)F)cc2cc1Br)C(F)(F)F. The standard InChI is InChI=1S/C12H4Br2F6O6S2/c13-7-1-5-3-10(26-28(23,24)12(18,19)20)8(14)2-6(5)4-9(7)25-27(21,22)11(15,16)17/h1-4H. The average molecular weight is 582 g/mol. The highest BCUT2D eigenvalue weighted by Crippen LogP contribution is 2.39. The zero-order valence-electron chi connectivity index (χ0n) is 12.6. The second-order valence-electron chi connectivity index (χ2n) is 4.88. The lowest BCUT2D eigenvalue weighted by molar-refractivity contribution is -0.0505. The highest BCUT2D eigenvalue weighted by Gasteiger charge is 2.49. The molecule has 0 spiro atoms. The molecule has 0 saturated carbocycles. The summed E-state index contributed by atoms with van der Waals surface area (Å²) in [4.78, 5) is 0. The van der Waals surface area contributed by atoms with Crippen molar-refractivity contribution >= 4 is 62.9 Å². The van der Waals surface area contributed by atoms with Crippen molar-refractivity contribution in [2.24, 2.45) is 0 Å². The largest absolute Gasteiger partial charge is 0.534 e. The van der Waals surface area contributed by atoms with Crippen molar-refractivity contribution in [3.8, 4) is 11.5 Å². The van der Waals surface area contributed by atoms with Crippen LogP contribution in [0.5, 0.6) is 11.5 Å². The first-order chi connectivity index (χ1) is 12.4. The van der Waals surface area contributed by atoms with Crippen LogP contribution in [-0.2, 0) is 20.2 Å². The number of hydrogen-bond acceptors (Lipinski definition) is 6. The summed E-state index contributed by atoms with van der Waals surface area (Å²) in [6, 6.07) is 3.68. The second kappa shape index (κ2) is 7.21. The lowest BCUT2D eigenvalue weighted by Crippen LogP contribution is -2.28. The van der Waals surface area contributed by atoms with E-state index in [2.05, 4.69) is 40.2 Å². The van der Waals surface area contributed by atoms with Gasteiger partial charge in [0.1, 0.15) is 0 Å². The molecule has 0 aliphatic carbocycles. The molecule has 0 atom stereocenters. The molecule has 0 N–H and O–H groups in total. The van der Waals surface area contributed by atoms with Gasteiger partial charge in [-0.15, -0.1) is 0 Å². The molecule has 0 unspecified atom stereocenters. The van der Waals surface area contributed by atoms with Gasteiger partial charge in [0.25, 0.3) is 0 Å². The van der Waals surface area contributed by atoms with E-state index >= 15 is 0 Å². The summed E-state index contributed by atoms with van der Waals surface area (Å²) in [6.07, 6.45) is 0. The molecule has 0 aliphatic rings. The van der Waals surface area contributed by atoms with Crippen molar-refractivity contribution in [3.63, 3.8) is 0 Å². The topological polar surface area (TPSA) is 86.7 Å². The van der Waals surface area contributed by atoms with Gasteiger partial charge in [-0.3, -0.25) is 0 Å². The maximum absolute atomic E-state index is 12.4. The van der Waals surface area contributed by atoms with Gasteiger partial charge in [-0.05, 0) is 66.9 Å². The van der Waals surface area contributed by atoms with E-state index in [4.69, 9.17) is 0 Å². The van der Waals surface area contributed by atoms with E-state index in [1.807, 2.05) is 0 Å². The summed E-state index contributed by atoms with van der Waals surface area (Å²) >= 11 is 5.53. The second-order valence-corrected chi connectivity index (χ2v) is 9.66. The molecule has 2 aromatic carbocycles. The average Bonchev–Trinajstić information content (AvgIpc) is 2.47. The number of rotatable bonds is 4. The molecule has 0 amide bonds. The molecule has 0 bridgehead atoms. The van der Waals surface area contributed by atoms with Crippen LogP contribution in [0.3, 0.4) is 0 Å². The first-order valence-corrected chi connectivity index (χ1v) is 10.8. The van der Waals surface area contributed by atoms with Gasteiger partial charge in [0.15, 0.2) is 11.5 Å². The number of alkyl halides is 6. The van der Waals surface area contributed by atoms with Crippen LogP contribution in [0.4, 0.5) is 26.3 Å². The van der Waals surface area contributed by atoms with Crippen LogP contribution < -0.4 is 8.37 Å². The highest BCUT2D eigenvalue weighted by atomic mass is 79.9. The summed E-state index contributed by atoms with van der Waals surface area (Å²) in [5.74, 6) is -1.51. The third kappa shape index (κ3) is 4.65. The van der Waals surface area contributed by atoms with Crippen molar-refractivity contribution in [1.82, 2.24) is 0 Å². The molecule has 0 radical (unpaired) electrons. The maximum atomic E-state index is 12.4. The van der Waals surface area contributed by atoms with Gasteiger partial charge in [0.05, 0.1) is 8.95 Å². The minimum atomic E-state index is -5.97. The van der Waals surface area contributed by atoms with E-state index in [1.165, 1.54) is 0 Å². The van der Waals surface area contributed by atoms with Crippen molar-refractivity contribution in [2.75, 3.05) is 0 Å². The fourth-order valence-electron chi connectivity index (χ4n) is 1.71. The minimum absolute atomic E-state index is 0.000735. The smallest absolute Gasteiger partial charge is 0.375 e. The van der Waals surface area contributed by atoms with Gasteiger partial charge >= 0.3 is 31.3 Å². The zero-order chi connectivity index (χ0) is 21.7. The van der Waals surface area contributed by atoms with Gasteiger partial charge < -0.3 is 8.37 Å². The lowest BCUT2D eigenvalue weighted by Gasteiger charge is -2.14. The summed E-state index contributed by atoms with van der Waals surface area (Å²) < 4.78 is 126. The third-order valence-electron chi connectivity index (χ3n) is 2.91. The quantitative estimate of drug-likeness (QED) is 0.292. The molecule has 0 aromatic heterocycles. The molecule has 0 fully saturated rings. The molecule has 0 aliphatic heterocycles. The molecule has 6 nitrogen and oxygen atoms in total. The van der Waals surface area contributed by atoms with Gasteiger partial charge in [-0.2, -0.15) is 43.2 Å². The van der Waals surface area contributed by atoms with Gasteiger partial charge in [-0.1, -0.05) is 0 Å². The van der Waals surface area contributed by atoms with E-state index < -0.39 is 42.8 Å². The van der Waals surface area contributed by atoms with Crippen LogP contribution >= 0.6 is 31.9 Å². The van der Waals surface area contributed by atoms with E-state index in [1.54, 1.807) is 0 Å². The molecule has 28 heavy (non-hydrogen) atoms. The Balaban J connectivity index is 2.53. The molecule has 156 valence electrons. The minimum Gasteiger partial charge on any atom is -0.375 e. The fourth-order valence-corrected chi connectivity index (χ4v) is 3.75. The Morgan fingerprint density at radius 1 is 0.643 bits per heavy atom. The summed E-state index contributed by atoms with van der Waals surface area (Å²) in [6.45, 7) is 0. The first kappa shape index (κ1) is 23.0. The Labute approximate surface area is 169 Å². The van der Waals surface area contributed by atoms with E-state index in [-0.39, 0.29) is 19.7 Å². The van der Waals surface area contributed by atoms with Crippen molar-refractivity contribution in [1.29, 1.82) is 0 Å². The third-order valence-corrected chi connectivity index (χ3v) is 6.08. The van der Waals surface area contributed by atoms with E-state index in [0.717, 1.165) is 24.3 Å². The number of benzene rings is 2. The molecule has 0 saturated heterocycles. The van der Waals surface area contributed by atoms with Crippen LogP contribution in [0, 0.1) is 0 Å². The zero-order valence-corrected chi connectivity index (χ0v) is 17.4. The fraction of sp³-hybridized carbons (Fsp3) is 0.167. The number of hydrogen-bond donors (Lipinski definition) is 0. The Hall–Kier alpha value is -1.26. The molecular formula is C12H4Br2F6O6S2. The monoisotopic (exact) mass is 580 g/mol. The van der Waals surface area contributed by atoms with Crippen molar-refractivity contribution in [3.05, 3.63) is 33.2 Å². The van der Waals surface area contributed by atoms with Crippen LogP contribution in [0.2, 0.25) is 0 Å². The van der Waals surface area contributed by atoms with Crippen LogP contribution in [0.1, 0.15) is 0 Å². The molecule has 0 heterocycles. The molecule has 16 heteroatoms. The summed E-state index contributed by atoms with van der Waals surface area (Å²) in [5, 5.41) is -0.00147. The Morgan fingerprint density at radius 2 is 0.929 bits per heavy atom. The Morgan fingerprint density at radius 3 is 1.18 bits per heavy atom. The van der Waals surface area contributed by atoms with Crippen LogP contribution in [-0.4, -0.2) is 27.9 Å². The van der Waals surface area contributed by atoms with Crippen molar-refractivity contribution < 1.29 is 51.5 Å². The normalized spacial score (nSPS) is 13.6. The van der Waals surface area contributed by atoms with E-state index in [0.29, 0.717) is 0 Å². The van der Waals surface area contributed by atoms with Gasteiger partial charge in [0, 0.05) is 0 Å². The molecule has 2 aromatic rings. The predicted octanol–water partition coefficient (Wildman–Crippen LogP) is 4.82.